The molecule has 0 atom stereocenters. The van der Waals surface area contributed by atoms with Gasteiger partial charge in [0.15, 0.2) is 0 Å². The molecular weight excluding hydrogens is 114 g/mol. The van der Waals surface area contributed by atoms with E-state index in [4.69, 9.17) is 11.1 Å². The maximum Gasteiger partial charge on any atom is -0.106 e. The Morgan fingerprint density at radius 3 is 0.667 bits per heavy atom. The maximum absolute atomic E-state index is 6.75. The van der Waals surface area contributed by atoms with Gasteiger partial charge in [-0.25, -0.2) is 0 Å². The summed E-state index contributed by atoms with van der Waals surface area (Å²) in [5.74, 6) is 0. The molecule has 0 saturated heterocycles. The monoisotopic (exact) mass is 126 g/mol. The van der Waals surface area contributed by atoms with Gasteiger partial charge < -0.3 is 11.1 Å². The van der Waals surface area contributed by atoms with Crippen molar-refractivity contribution in [1.29, 1.82) is 0 Å². The lowest BCUT2D eigenvalue weighted by Crippen LogP contribution is -0.711. The molecule has 0 spiro atoms. The second-order valence-electron chi connectivity index (χ2n) is 0.0894. The Labute approximate surface area is 56.4 Å². The predicted octanol–water partition coefficient (Wildman–Crippen LogP) is 3.27. The Kier molecular flexibility index (Phi) is 2590. The minimum atomic E-state index is 1.50. The summed E-state index contributed by atoms with van der Waals surface area (Å²) >= 11 is 0. The van der Waals surface area contributed by atoms with E-state index in [1.54, 1.807) is 0 Å². The lowest BCUT2D eigenvalue weighted by Gasteiger charge is -1.31. The van der Waals surface area contributed by atoms with Gasteiger partial charge in [0.2, 0.25) is 0 Å². The van der Waals surface area contributed by atoms with Crippen molar-refractivity contribution in [2.24, 2.45) is 0 Å². The van der Waals surface area contributed by atoms with Gasteiger partial charge in [0.1, 0.15) is 0 Å². The van der Waals surface area contributed by atoms with Crippen molar-refractivity contribution in [3.63, 3.8) is 0 Å². The first-order chi connectivity index (χ1) is 4.41. The first-order valence-corrected chi connectivity index (χ1v) is 1.90. The minimum Gasteiger partial charge on any atom is -0.373 e. The highest BCUT2D eigenvalue weighted by Crippen LogP contribution is 1.29. The first-order valence-electron chi connectivity index (χ1n) is 1.90. The van der Waals surface area contributed by atoms with E-state index in [-0.39, 0.29) is 0 Å². The Bertz CT molecular complexity index is 50.6. The second-order valence-corrected chi connectivity index (χ2v) is 0.0894. The average molecular weight is 126 g/mol. The molecule has 0 bridgehead atoms. The molecule has 52 valence electrons. The van der Waals surface area contributed by atoms with Crippen molar-refractivity contribution in [3.05, 3.63) is 55.4 Å². The number of rotatable bonds is 0. The van der Waals surface area contributed by atoms with Crippen LogP contribution in [0.2, 0.25) is 0 Å². The summed E-state index contributed by atoms with van der Waals surface area (Å²) in [6.45, 7) is 18.0. The maximum atomic E-state index is 6.75. The van der Waals surface area contributed by atoms with Crippen LogP contribution in [0.3, 0.4) is 0 Å². The normalized spacial score (nSPS) is 2.22. The molecule has 0 aliphatic carbocycles. The fourth-order valence-electron chi connectivity index (χ4n) is 0. The second kappa shape index (κ2) is 904. The third-order valence-electron chi connectivity index (χ3n) is 0. The Hall–Kier alpha value is -1.47. The number of hydrogen-bond donors (Lipinski definition) is 0. The molecule has 0 saturated carbocycles. The van der Waals surface area contributed by atoms with E-state index in [2.05, 4.69) is 39.5 Å². The van der Waals surface area contributed by atoms with Gasteiger partial charge >= 0.3 is 0 Å². The van der Waals surface area contributed by atoms with Gasteiger partial charge in [-0.05, 0) is 0 Å². The van der Waals surface area contributed by atoms with Crippen LogP contribution < -0.4 is 0 Å². The minimum absolute atomic E-state index is 1.50. The van der Waals surface area contributed by atoms with Crippen LogP contribution in [0.4, 0.5) is 0 Å². The Morgan fingerprint density at radius 2 is 0.667 bits per heavy atom. The van der Waals surface area contributed by atoms with Crippen molar-refractivity contribution in [2.45, 2.75) is 0 Å². The zero-order valence-corrected chi connectivity index (χ0v) is 5.58. The van der Waals surface area contributed by atoms with Gasteiger partial charge in [0.05, 0.1) is 0 Å². The number of hydrogen-bond acceptors (Lipinski definition) is 0. The van der Waals surface area contributed by atoms with Crippen LogP contribution in [0.5, 0.6) is 0 Å². The van der Waals surface area contributed by atoms with Crippen LogP contribution >= 0.6 is 0 Å². The third-order valence-corrected chi connectivity index (χ3v) is 0. The van der Waals surface area contributed by atoms with E-state index in [1.807, 2.05) is 0 Å². The van der Waals surface area contributed by atoms with Gasteiger partial charge in [-0.2, -0.15) is 0 Å². The lowest BCUT2D eigenvalue weighted by atomic mass is 11.3. The van der Waals surface area contributed by atoms with Crippen LogP contribution in [-0.2, 0) is 0 Å². The Balaban J connectivity index is -0.0000000190. The molecule has 9 heavy (non-hydrogen) atoms. The van der Waals surface area contributed by atoms with E-state index >= 15 is 0 Å². The van der Waals surface area contributed by atoms with Gasteiger partial charge in [-0.1, -0.05) is 0 Å². The molecule has 0 fully saturated rings. The largest absolute Gasteiger partial charge is 0.373 e. The molecule has 0 aliphatic heterocycles. The molecular formula is C6H12N3-. The molecule has 3 heteroatoms. The summed E-state index contributed by atoms with van der Waals surface area (Å²) < 4.78 is 0. The molecule has 0 aromatic heterocycles. The molecule has 0 heterocycles. The SMILES string of the molecule is C=C.C=C.C=C.[N-]=[N+]=[N-]. The fraction of sp³-hybridized carbons (Fsp3) is 0. The lowest BCUT2D eigenvalue weighted by molar-refractivity contribution is 2.36. The summed E-state index contributed by atoms with van der Waals surface area (Å²) in [4.78, 5) is 1.50. The fourth-order valence-corrected chi connectivity index (χ4v) is 0. The third kappa shape index (κ3) is 62.0. The van der Waals surface area contributed by atoms with Gasteiger partial charge in [-0.15, -0.1) is 39.5 Å². The van der Waals surface area contributed by atoms with Gasteiger partial charge in [0.25, 0.3) is 0 Å². The molecule has 0 aromatic rings. The topological polar surface area (TPSA) is 58.7 Å². The summed E-state index contributed by atoms with van der Waals surface area (Å²) in [6.07, 6.45) is 0. The highest BCUT2D eigenvalue weighted by molar-refractivity contribution is 4.36. The van der Waals surface area contributed by atoms with Crippen LogP contribution in [0, 0.1) is 0 Å². The molecule has 3 nitrogen and oxygen atoms in total. The van der Waals surface area contributed by atoms with Crippen molar-refractivity contribution in [1.82, 2.24) is 0 Å². The highest BCUT2D eigenvalue weighted by Gasteiger charge is 0.689. The van der Waals surface area contributed by atoms with Crippen LogP contribution in [-0.4, -0.2) is 0 Å². The number of nitrogens with zero attached hydrogens (tertiary/aromatic N) is 3. The molecule has 0 amide bonds. The molecule has 0 rings (SSSR count). The van der Waals surface area contributed by atoms with Gasteiger partial charge in [0, 0.05) is 0 Å². The van der Waals surface area contributed by atoms with Crippen LogP contribution in [0.15, 0.2) is 39.5 Å². The van der Waals surface area contributed by atoms with E-state index in [0.29, 0.717) is 0 Å². The molecule has 0 N–H and O–H groups in total. The zero-order chi connectivity index (χ0) is 8.71. The van der Waals surface area contributed by atoms with E-state index < -0.39 is 0 Å². The standard InChI is InChI=1S/3C2H4.N3/c3*1-2;1-3-2/h3*1-2H2;/q;;;-1. The molecule has 0 aromatic carbocycles. The van der Waals surface area contributed by atoms with E-state index in [9.17, 15) is 0 Å². The van der Waals surface area contributed by atoms with E-state index in [1.165, 1.54) is 4.91 Å². The molecule has 0 unspecified atom stereocenters. The summed E-state index contributed by atoms with van der Waals surface area (Å²) in [5.41, 5.74) is 13.5. The van der Waals surface area contributed by atoms with Crippen LogP contribution in [0.1, 0.15) is 0 Å². The Morgan fingerprint density at radius 1 is 0.667 bits per heavy atom. The van der Waals surface area contributed by atoms with Crippen molar-refractivity contribution < 1.29 is 0 Å². The summed E-state index contributed by atoms with van der Waals surface area (Å²) in [7, 11) is 0. The quantitative estimate of drug-likeness (QED) is 0.207. The average Bonchev–Trinajstić information content (AvgIpc) is 2.01. The zero-order valence-electron chi connectivity index (χ0n) is 5.58. The van der Waals surface area contributed by atoms with Crippen molar-refractivity contribution >= 4 is 0 Å². The van der Waals surface area contributed by atoms with Gasteiger partial charge in [-0.3, -0.25) is 4.91 Å². The molecule has 0 aliphatic rings. The smallest absolute Gasteiger partial charge is 0.106 e. The first kappa shape index (κ1) is 25.8. The molecule has 0 radical (unpaired) electrons. The summed E-state index contributed by atoms with van der Waals surface area (Å²) in [5, 5.41) is 0. The van der Waals surface area contributed by atoms with Crippen molar-refractivity contribution in [2.75, 3.05) is 0 Å². The van der Waals surface area contributed by atoms with Crippen LogP contribution in [0.25, 0.3) is 16.0 Å². The van der Waals surface area contributed by atoms with Crippen molar-refractivity contribution in [3.8, 4) is 0 Å². The van der Waals surface area contributed by atoms with E-state index in [0.717, 1.165) is 0 Å². The predicted molar refractivity (Wildman–Crippen MR) is 43.8 cm³/mol. The summed E-state index contributed by atoms with van der Waals surface area (Å²) in [6, 6.07) is 0. The highest BCUT2D eigenvalue weighted by atomic mass is 15.0.